The van der Waals surface area contributed by atoms with Gasteiger partial charge in [0.05, 0.1) is 6.61 Å². The number of fused-ring (bicyclic) bond motifs is 1. The fourth-order valence-electron chi connectivity index (χ4n) is 3.89. The number of hydrogen-bond acceptors (Lipinski definition) is 5. The van der Waals surface area contributed by atoms with E-state index in [0.717, 1.165) is 10.5 Å². The van der Waals surface area contributed by atoms with Crippen molar-refractivity contribution in [2.24, 2.45) is 11.8 Å². The molecule has 0 saturated carbocycles. The van der Waals surface area contributed by atoms with Crippen LogP contribution in [0.15, 0.2) is 24.3 Å². The number of nitrogens with zero attached hydrogens (tertiary/aromatic N) is 1. The Balaban J connectivity index is 2.06. The van der Waals surface area contributed by atoms with Gasteiger partial charge in [0.1, 0.15) is 23.6 Å². The number of esters is 1. The summed E-state index contributed by atoms with van der Waals surface area (Å²) in [6, 6.07) is 6.10. The van der Waals surface area contributed by atoms with E-state index in [1.54, 1.807) is 31.3 Å². The Morgan fingerprint density at radius 1 is 1.29 bits per heavy atom. The fourth-order valence-corrected chi connectivity index (χ4v) is 3.89. The molecule has 2 amide bonds. The molecule has 2 aliphatic heterocycles. The van der Waals surface area contributed by atoms with Gasteiger partial charge in [-0.25, -0.2) is 4.79 Å². The highest BCUT2D eigenvalue weighted by atomic mass is 16.5. The van der Waals surface area contributed by atoms with Crippen molar-refractivity contribution >= 4 is 17.8 Å². The number of benzene rings is 1. The van der Waals surface area contributed by atoms with Gasteiger partial charge in [0.15, 0.2) is 0 Å². The SMILES string of the molecule is CCOC(=O)[C@]1(C)[NH2+][C@@H](c2ccc(O)cc2)[C@H]2C(=O)N(C)C(=O)[C@@H]21. The van der Waals surface area contributed by atoms with Crippen LogP contribution in [0.1, 0.15) is 25.5 Å². The average molecular weight is 333 g/mol. The number of amides is 2. The summed E-state index contributed by atoms with van der Waals surface area (Å²) < 4.78 is 5.17. The molecule has 1 aromatic rings. The Morgan fingerprint density at radius 3 is 2.50 bits per heavy atom. The Bertz CT molecular complexity index is 701. The van der Waals surface area contributed by atoms with Gasteiger partial charge in [0.2, 0.25) is 17.4 Å². The quantitative estimate of drug-likeness (QED) is 0.577. The molecule has 24 heavy (non-hydrogen) atoms. The molecule has 2 heterocycles. The molecule has 4 atom stereocenters. The molecule has 3 rings (SSSR count). The van der Waals surface area contributed by atoms with Gasteiger partial charge in [-0.3, -0.25) is 14.5 Å². The third-order valence-corrected chi connectivity index (χ3v) is 5.12. The molecule has 7 nitrogen and oxygen atoms in total. The molecule has 0 radical (unpaired) electrons. The molecule has 0 bridgehead atoms. The minimum absolute atomic E-state index is 0.118. The lowest BCUT2D eigenvalue weighted by atomic mass is 9.80. The van der Waals surface area contributed by atoms with Crippen LogP contribution in [0.5, 0.6) is 5.75 Å². The predicted molar refractivity (Wildman–Crippen MR) is 82.6 cm³/mol. The molecule has 2 saturated heterocycles. The second kappa shape index (κ2) is 5.59. The van der Waals surface area contributed by atoms with Crippen molar-refractivity contribution in [1.82, 2.24) is 4.90 Å². The molecule has 1 aromatic carbocycles. The van der Waals surface area contributed by atoms with Gasteiger partial charge in [-0.05, 0) is 31.2 Å². The summed E-state index contributed by atoms with van der Waals surface area (Å²) in [5, 5.41) is 11.2. The molecule has 2 aliphatic rings. The molecular weight excluding hydrogens is 312 g/mol. The number of phenolic OH excluding ortho intramolecular Hbond substituents is 1. The fraction of sp³-hybridized carbons (Fsp3) is 0.471. The normalized spacial score (nSPS) is 32.1. The van der Waals surface area contributed by atoms with Gasteiger partial charge >= 0.3 is 5.97 Å². The number of carbonyl (C=O) groups excluding carboxylic acids is 3. The maximum Gasteiger partial charge on any atom is 0.368 e. The highest BCUT2D eigenvalue weighted by molar-refractivity contribution is 6.08. The highest BCUT2D eigenvalue weighted by Crippen LogP contribution is 2.44. The molecule has 0 spiro atoms. The smallest absolute Gasteiger partial charge is 0.368 e. The second-order valence-corrected chi connectivity index (χ2v) is 6.53. The number of likely N-dealkylation sites (tertiary alicyclic amines) is 1. The first-order chi connectivity index (χ1) is 11.3. The number of aromatic hydroxyl groups is 1. The van der Waals surface area contributed by atoms with Crippen molar-refractivity contribution in [2.75, 3.05) is 13.7 Å². The van der Waals surface area contributed by atoms with E-state index >= 15 is 0 Å². The number of quaternary nitrogens is 1. The summed E-state index contributed by atoms with van der Waals surface area (Å²) >= 11 is 0. The molecule has 0 aliphatic carbocycles. The number of rotatable bonds is 3. The zero-order chi connectivity index (χ0) is 17.6. The van der Waals surface area contributed by atoms with Crippen LogP contribution in [-0.2, 0) is 19.1 Å². The minimum atomic E-state index is -1.15. The van der Waals surface area contributed by atoms with E-state index in [9.17, 15) is 19.5 Å². The lowest BCUT2D eigenvalue weighted by Crippen LogP contribution is -2.97. The second-order valence-electron chi connectivity index (χ2n) is 6.53. The van der Waals surface area contributed by atoms with Crippen molar-refractivity contribution in [3.05, 3.63) is 29.8 Å². The maximum atomic E-state index is 12.6. The van der Waals surface area contributed by atoms with Crippen molar-refractivity contribution in [3.63, 3.8) is 0 Å². The number of imide groups is 1. The van der Waals surface area contributed by atoms with Gasteiger partial charge in [0.25, 0.3) is 0 Å². The minimum Gasteiger partial charge on any atom is -0.508 e. The summed E-state index contributed by atoms with van der Waals surface area (Å²) in [5.41, 5.74) is -0.368. The Kier molecular flexibility index (Phi) is 3.83. The van der Waals surface area contributed by atoms with E-state index in [0.29, 0.717) is 0 Å². The molecule has 128 valence electrons. The average Bonchev–Trinajstić information content (AvgIpc) is 2.99. The number of carbonyl (C=O) groups is 3. The van der Waals surface area contributed by atoms with Crippen LogP contribution < -0.4 is 5.32 Å². The van der Waals surface area contributed by atoms with E-state index in [1.807, 2.05) is 0 Å². The first-order valence-corrected chi connectivity index (χ1v) is 7.95. The molecular formula is C17H21N2O5+. The Hall–Kier alpha value is -2.41. The van der Waals surface area contributed by atoms with Gasteiger partial charge in [-0.15, -0.1) is 0 Å². The third-order valence-electron chi connectivity index (χ3n) is 5.12. The largest absolute Gasteiger partial charge is 0.508 e. The summed E-state index contributed by atoms with van der Waals surface area (Å²) in [7, 11) is 1.45. The molecule has 2 fully saturated rings. The zero-order valence-corrected chi connectivity index (χ0v) is 13.9. The molecule has 0 aromatic heterocycles. The molecule has 3 N–H and O–H groups in total. The van der Waals surface area contributed by atoms with Crippen molar-refractivity contribution in [1.29, 1.82) is 0 Å². The van der Waals surface area contributed by atoms with Gasteiger partial charge in [-0.2, -0.15) is 0 Å². The summed E-state index contributed by atoms with van der Waals surface area (Å²) in [5.74, 6) is -2.38. The van der Waals surface area contributed by atoms with E-state index in [2.05, 4.69) is 0 Å². The number of ether oxygens (including phenoxy) is 1. The van der Waals surface area contributed by atoms with Crippen LogP contribution >= 0.6 is 0 Å². The van der Waals surface area contributed by atoms with Crippen LogP contribution in [0.2, 0.25) is 0 Å². The van der Waals surface area contributed by atoms with Crippen LogP contribution in [-0.4, -0.2) is 47.0 Å². The van der Waals surface area contributed by atoms with Crippen LogP contribution in [0, 0.1) is 11.8 Å². The molecule has 7 heteroatoms. The zero-order valence-electron chi connectivity index (χ0n) is 13.9. The van der Waals surface area contributed by atoms with E-state index < -0.39 is 23.3 Å². The monoisotopic (exact) mass is 333 g/mol. The number of phenols is 1. The van der Waals surface area contributed by atoms with Gasteiger partial charge < -0.3 is 15.2 Å². The number of nitrogens with two attached hydrogens (primary N) is 1. The Labute approximate surface area is 139 Å². The topological polar surface area (TPSA) is 101 Å². The van der Waals surface area contributed by atoms with Gasteiger partial charge in [-0.1, -0.05) is 0 Å². The third kappa shape index (κ3) is 2.19. The van der Waals surface area contributed by atoms with Crippen LogP contribution in [0.3, 0.4) is 0 Å². The summed E-state index contributed by atoms with van der Waals surface area (Å²) in [4.78, 5) is 38.8. The lowest BCUT2D eigenvalue weighted by Gasteiger charge is -2.25. The highest BCUT2D eigenvalue weighted by Gasteiger charge is 2.70. The van der Waals surface area contributed by atoms with Crippen molar-refractivity contribution in [2.45, 2.75) is 25.4 Å². The first kappa shape index (κ1) is 16.4. The van der Waals surface area contributed by atoms with E-state index in [1.165, 1.54) is 19.2 Å². The van der Waals surface area contributed by atoms with Crippen LogP contribution in [0.25, 0.3) is 0 Å². The van der Waals surface area contributed by atoms with Crippen molar-refractivity contribution in [3.8, 4) is 5.75 Å². The summed E-state index contributed by atoms with van der Waals surface area (Å²) in [6.45, 7) is 3.58. The Morgan fingerprint density at radius 2 is 1.92 bits per heavy atom. The maximum absolute atomic E-state index is 12.6. The summed E-state index contributed by atoms with van der Waals surface area (Å²) in [6.07, 6.45) is 0. The number of hydrogen-bond donors (Lipinski definition) is 2. The first-order valence-electron chi connectivity index (χ1n) is 7.95. The van der Waals surface area contributed by atoms with Crippen LogP contribution in [0.4, 0.5) is 0 Å². The molecule has 0 unspecified atom stereocenters. The lowest BCUT2D eigenvalue weighted by molar-refractivity contribution is -0.731. The van der Waals surface area contributed by atoms with E-state index in [4.69, 9.17) is 4.74 Å². The van der Waals surface area contributed by atoms with Crippen molar-refractivity contribution < 1.29 is 29.5 Å². The van der Waals surface area contributed by atoms with Gasteiger partial charge in [0, 0.05) is 19.5 Å². The predicted octanol–water partition coefficient (Wildman–Crippen LogP) is -0.437. The van der Waals surface area contributed by atoms with E-state index in [-0.39, 0.29) is 30.2 Å². The standard InChI is InChI=1S/C17H20N2O5/c1-4-24-16(23)17(2)12-11(14(21)19(3)15(12)22)13(18-17)9-5-7-10(20)8-6-9/h5-8,11-13,18,20H,4H2,1-3H3/p+1/t11-,12+,13-,17+/m0/s1.